The number of alkyl halides is 1. The normalized spacial score (nSPS) is 13.7. The molecule has 0 aromatic rings. The molecule has 37 heavy (non-hydrogen) atoms. The van der Waals surface area contributed by atoms with Crippen LogP contribution in [0.15, 0.2) is 0 Å². The molecule has 1 N–H and O–H groups in total. The van der Waals surface area contributed by atoms with Crippen LogP contribution < -0.4 is 0 Å². The minimum Gasteiger partial charge on any atom is -0.283 e. The Bertz CT molecular complexity index is 566. The topological polar surface area (TPSA) is 54.4 Å². The van der Waals surface area contributed by atoms with Gasteiger partial charge in [-0.3, -0.25) is 4.55 Å². The second-order valence-electron chi connectivity index (χ2n) is 11.7. The fraction of sp³-hybridized carbons (Fsp3) is 1.00. The van der Waals surface area contributed by atoms with E-state index in [1.54, 1.807) is 0 Å². The zero-order chi connectivity index (χ0) is 27.5. The second kappa shape index (κ2) is 26.1. The van der Waals surface area contributed by atoms with Crippen LogP contribution in [0.1, 0.15) is 200 Å². The molecule has 1 atom stereocenters. The highest BCUT2D eigenvalue weighted by Gasteiger charge is 2.42. The molecule has 0 aromatic heterocycles. The Kier molecular flexibility index (Phi) is 26.0. The summed E-state index contributed by atoms with van der Waals surface area (Å²) in [5.41, 5.74) is 0. The summed E-state index contributed by atoms with van der Waals surface area (Å²) in [7, 11) is -4.66. The minimum absolute atomic E-state index is 0.0683. The molecule has 0 radical (unpaired) electrons. The Balaban J connectivity index is 3.60. The summed E-state index contributed by atoms with van der Waals surface area (Å²) in [6.45, 7) is 4.47. The largest absolute Gasteiger partial charge is 0.300 e. The van der Waals surface area contributed by atoms with Gasteiger partial charge in [-0.15, -0.1) is 0 Å². The highest BCUT2D eigenvalue weighted by molar-refractivity contribution is 7.87. The highest BCUT2D eigenvalue weighted by atomic mass is 32.2. The molecule has 0 aromatic carbocycles. The van der Waals surface area contributed by atoms with E-state index in [1.807, 2.05) is 0 Å². The lowest BCUT2D eigenvalue weighted by atomic mass is 10.0. The van der Waals surface area contributed by atoms with Crippen molar-refractivity contribution >= 4 is 10.1 Å². The minimum atomic E-state index is -4.66. The first-order valence-electron chi connectivity index (χ1n) is 16.5. The van der Waals surface area contributed by atoms with Crippen LogP contribution in [-0.2, 0) is 10.1 Å². The van der Waals surface area contributed by atoms with E-state index < -0.39 is 15.1 Å². The molecule has 0 heterocycles. The number of hydrogen-bond donors (Lipinski definition) is 1. The predicted molar refractivity (Wildman–Crippen MR) is 161 cm³/mol. The summed E-state index contributed by atoms with van der Waals surface area (Å²) in [4.78, 5) is 0. The maximum atomic E-state index is 15.1. The summed E-state index contributed by atoms with van der Waals surface area (Å²) in [6.07, 6.45) is 32.4. The van der Waals surface area contributed by atoms with Crippen LogP contribution in [0.3, 0.4) is 0 Å². The van der Waals surface area contributed by atoms with E-state index in [1.165, 1.54) is 122 Å². The number of rotatable bonds is 30. The zero-order valence-corrected chi connectivity index (χ0v) is 25.9. The zero-order valence-electron chi connectivity index (χ0n) is 25.1. The van der Waals surface area contributed by atoms with Crippen molar-refractivity contribution in [2.75, 3.05) is 0 Å². The monoisotopic (exact) mass is 548 g/mol. The van der Waals surface area contributed by atoms with E-state index in [2.05, 4.69) is 13.8 Å². The molecular weight excluding hydrogens is 483 g/mol. The van der Waals surface area contributed by atoms with E-state index in [0.29, 0.717) is 12.8 Å². The maximum Gasteiger partial charge on any atom is 0.300 e. The van der Waals surface area contributed by atoms with Crippen molar-refractivity contribution < 1.29 is 17.4 Å². The first-order valence-corrected chi connectivity index (χ1v) is 18.0. The fourth-order valence-electron chi connectivity index (χ4n) is 5.37. The molecule has 0 bridgehead atoms. The van der Waals surface area contributed by atoms with Gasteiger partial charge in [0, 0.05) is 0 Å². The van der Waals surface area contributed by atoms with Crippen LogP contribution in [-0.4, -0.2) is 18.0 Å². The van der Waals surface area contributed by atoms with E-state index >= 15 is 4.39 Å². The van der Waals surface area contributed by atoms with Crippen molar-refractivity contribution in [3.8, 4) is 0 Å². The molecule has 0 amide bonds. The average molecular weight is 549 g/mol. The molecule has 0 rings (SSSR count). The van der Waals surface area contributed by atoms with Crippen molar-refractivity contribution in [3.05, 3.63) is 0 Å². The van der Waals surface area contributed by atoms with E-state index in [4.69, 9.17) is 0 Å². The predicted octanol–water partition coefficient (Wildman–Crippen LogP) is 11.9. The van der Waals surface area contributed by atoms with E-state index in [0.717, 1.165) is 38.5 Å². The van der Waals surface area contributed by atoms with Crippen LogP contribution in [0, 0.1) is 0 Å². The van der Waals surface area contributed by atoms with Gasteiger partial charge in [-0.2, -0.15) is 8.42 Å². The first kappa shape index (κ1) is 36.8. The lowest BCUT2D eigenvalue weighted by molar-refractivity contribution is 0.203. The van der Waals surface area contributed by atoms with Gasteiger partial charge in [0.1, 0.15) is 0 Å². The smallest absolute Gasteiger partial charge is 0.283 e. The van der Waals surface area contributed by atoms with E-state index in [-0.39, 0.29) is 12.8 Å². The third-order valence-corrected chi connectivity index (χ3v) is 9.35. The molecule has 0 spiro atoms. The molecule has 0 aliphatic heterocycles. The van der Waals surface area contributed by atoms with Gasteiger partial charge in [0.15, 0.2) is 0 Å². The number of halogens is 1. The van der Waals surface area contributed by atoms with Crippen LogP contribution >= 0.6 is 0 Å². The van der Waals surface area contributed by atoms with Gasteiger partial charge in [0.2, 0.25) is 5.00 Å². The standard InChI is InChI=1S/C32H65FO3S/c1-3-5-7-9-11-13-14-15-16-17-18-19-20-21-22-23-25-27-29-31-32(33,37(34,35)36)30-28-26-24-12-10-8-6-4-2/h3-31H2,1-2H3,(H,34,35,36). The molecule has 1 unspecified atom stereocenters. The van der Waals surface area contributed by atoms with E-state index in [9.17, 15) is 13.0 Å². The Labute approximate surface area is 232 Å². The summed E-state index contributed by atoms with van der Waals surface area (Å²) < 4.78 is 47.9. The first-order chi connectivity index (χ1) is 17.9. The van der Waals surface area contributed by atoms with Gasteiger partial charge in [-0.1, -0.05) is 174 Å². The summed E-state index contributed by atoms with van der Waals surface area (Å²) in [5, 5.41) is -2.45. The quantitative estimate of drug-likeness (QED) is 0.0717. The number of unbranched alkanes of at least 4 members (excludes halogenated alkanes) is 25. The Hall–Kier alpha value is -0.160. The summed E-state index contributed by atoms with van der Waals surface area (Å²) >= 11 is 0. The van der Waals surface area contributed by atoms with Gasteiger partial charge < -0.3 is 0 Å². The number of hydrogen-bond acceptors (Lipinski definition) is 2. The Morgan fingerprint density at radius 2 is 0.622 bits per heavy atom. The van der Waals surface area contributed by atoms with Crippen molar-refractivity contribution in [2.45, 2.75) is 205 Å². The van der Waals surface area contributed by atoms with Crippen molar-refractivity contribution in [1.29, 1.82) is 0 Å². The van der Waals surface area contributed by atoms with Crippen LogP contribution in [0.4, 0.5) is 4.39 Å². The Morgan fingerprint density at radius 1 is 0.432 bits per heavy atom. The second-order valence-corrected chi connectivity index (χ2v) is 13.4. The molecule has 0 fully saturated rings. The van der Waals surface area contributed by atoms with Crippen molar-refractivity contribution in [1.82, 2.24) is 0 Å². The average Bonchev–Trinajstić information content (AvgIpc) is 2.86. The molecule has 5 heteroatoms. The van der Waals surface area contributed by atoms with Crippen molar-refractivity contribution in [3.63, 3.8) is 0 Å². The molecule has 3 nitrogen and oxygen atoms in total. The molecule has 0 saturated carbocycles. The highest BCUT2D eigenvalue weighted by Crippen LogP contribution is 2.32. The SMILES string of the molecule is CCCCCCCCCCCCCCCCCCCCCC(F)(CCCCCCCCCC)S(=O)(=O)O. The lowest BCUT2D eigenvalue weighted by Gasteiger charge is -2.22. The van der Waals surface area contributed by atoms with Gasteiger partial charge in [0.05, 0.1) is 0 Å². The fourth-order valence-corrected chi connectivity index (χ4v) is 6.18. The lowest BCUT2D eigenvalue weighted by Crippen LogP contribution is -2.33. The van der Waals surface area contributed by atoms with Crippen LogP contribution in [0.5, 0.6) is 0 Å². The third-order valence-electron chi connectivity index (χ3n) is 8.02. The van der Waals surface area contributed by atoms with Gasteiger partial charge in [-0.25, -0.2) is 4.39 Å². The summed E-state index contributed by atoms with van der Waals surface area (Å²) in [5.74, 6) is 0. The molecule has 0 saturated heterocycles. The van der Waals surface area contributed by atoms with Crippen molar-refractivity contribution in [2.24, 2.45) is 0 Å². The van der Waals surface area contributed by atoms with Gasteiger partial charge >= 0.3 is 0 Å². The van der Waals surface area contributed by atoms with Crippen LogP contribution in [0.2, 0.25) is 0 Å². The third kappa shape index (κ3) is 23.4. The molecule has 0 aliphatic rings. The van der Waals surface area contributed by atoms with Gasteiger partial charge in [-0.05, 0) is 25.7 Å². The van der Waals surface area contributed by atoms with Crippen LogP contribution in [0.25, 0.3) is 0 Å². The van der Waals surface area contributed by atoms with Gasteiger partial charge in [0.25, 0.3) is 10.1 Å². The maximum absolute atomic E-state index is 15.1. The molecule has 224 valence electrons. The molecule has 0 aliphatic carbocycles. The Morgan fingerprint density at radius 3 is 0.811 bits per heavy atom. The summed E-state index contributed by atoms with van der Waals surface area (Å²) in [6, 6.07) is 0. The molecular formula is C32H65FO3S.